The molecule has 7 nitrogen and oxygen atoms in total. The van der Waals surface area contributed by atoms with E-state index in [1.165, 1.54) is 23.5 Å². The van der Waals surface area contributed by atoms with Gasteiger partial charge in [0.25, 0.3) is 5.91 Å². The molecule has 0 radical (unpaired) electrons. The molecule has 4 rings (SSSR count). The summed E-state index contributed by atoms with van der Waals surface area (Å²) >= 11 is 1.55. The maximum atomic E-state index is 13.5. The minimum absolute atomic E-state index is 0.120. The first-order valence-electron chi connectivity index (χ1n) is 11.1. The number of aromatic nitrogens is 1. The minimum Gasteiger partial charge on any atom is -0.496 e. The smallest absolute Gasteiger partial charge is 0.257 e. The number of fused-ring (bicyclic) bond motifs is 1. The number of rotatable bonds is 6. The van der Waals surface area contributed by atoms with Crippen LogP contribution in [-0.4, -0.2) is 55.8 Å². The minimum atomic E-state index is -3.69. The summed E-state index contributed by atoms with van der Waals surface area (Å²) in [5.41, 5.74) is 1.12. The van der Waals surface area contributed by atoms with E-state index in [9.17, 15) is 13.2 Å². The molecule has 2 aromatic carbocycles. The molecule has 1 atom stereocenters. The number of para-hydroxylation sites is 1. The lowest BCUT2D eigenvalue weighted by Crippen LogP contribution is -2.33. The van der Waals surface area contributed by atoms with Gasteiger partial charge in [-0.1, -0.05) is 25.0 Å². The van der Waals surface area contributed by atoms with Crippen molar-refractivity contribution in [1.29, 1.82) is 0 Å². The quantitative estimate of drug-likeness (QED) is 0.503. The van der Waals surface area contributed by atoms with Crippen LogP contribution in [0.25, 0.3) is 10.2 Å². The Morgan fingerprint density at radius 2 is 1.82 bits per heavy atom. The van der Waals surface area contributed by atoms with E-state index in [4.69, 9.17) is 4.74 Å². The van der Waals surface area contributed by atoms with E-state index in [2.05, 4.69) is 4.98 Å². The molecular formula is C24H29N3O4S2. The van der Waals surface area contributed by atoms with Crippen molar-refractivity contribution in [2.75, 3.05) is 27.2 Å². The second-order valence-corrected chi connectivity index (χ2v) is 11.3. The number of sulfonamides is 1. The highest BCUT2D eigenvalue weighted by atomic mass is 32.2. The Morgan fingerprint density at radius 1 is 1.12 bits per heavy atom. The summed E-state index contributed by atoms with van der Waals surface area (Å²) in [5.74, 6) is 0.0321. The number of hydrogen-bond acceptors (Lipinski definition) is 6. The number of thiazole rings is 1. The number of carbonyl (C=O) groups is 1. The number of hydrogen-bond donors (Lipinski definition) is 0. The van der Waals surface area contributed by atoms with Crippen molar-refractivity contribution in [2.45, 2.75) is 43.5 Å². The van der Waals surface area contributed by atoms with Crippen LogP contribution in [0.3, 0.4) is 0 Å². The lowest BCUT2D eigenvalue weighted by molar-refractivity contribution is 0.0739. The third-order valence-electron chi connectivity index (χ3n) is 6.17. The Bertz CT molecular complexity index is 1210. The molecule has 1 aromatic heterocycles. The Morgan fingerprint density at radius 3 is 2.48 bits per heavy atom. The zero-order valence-corrected chi connectivity index (χ0v) is 20.8. The van der Waals surface area contributed by atoms with Crippen LogP contribution in [0.15, 0.2) is 47.4 Å². The first-order chi connectivity index (χ1) is 15.8. The second-order valence-electron chi connectivity index (χ2n) is 8.29. The van der Waals surface area contributed by atoms with Crippen molar-refractivity contribution in [3.8, 4) is 5.75 Å². The Balaban J connectivity index is 1.64. The average molecular weight is 488 g/mol. The van der Waals surface area contributed by atoms with Crippen molar-refractivity contribution in [1.82, 2.24) is 14.2 Å². The Kier molecular flexibility index (Phi) is 7.02. The largest absolute Gasteiger partial charge is 0.496 e. The van der Waals surface area contributed by atoms with E-state index in [1.807, 2.05) is 31.2 Å². The summed E-state index contributed by atoms with van der Waals surface area (Å²) in [6, 6.07) is 12.1. The maximum Gasteiger partial charge on any atom is 0.257 e. The highest BCUT2D eigenvalue weighted by molar-refractivity contribution is 7.89. The third kappa shape index (κ3) is 4.76. The topological polar surface area (TPSA) is 79.8 Å². The fourth-order valence-electron chi connectivity index (χ4n) is 4.05. The Hall–Kier alpha value is -2.49. The summed E-state index contributed by atoms with van der Waals surface area (Å²) in [6.07, 6.45) is 3.77. The van der Waals surface area contributed by atoms with E-state index in [0.29, 0.717) is 18.8 Å². The van der Waals surface area contributed by atoms with Crippen LogP contribution in [0.2, 0.25) is 0 Å². The molecule has 1 fully saturated rings. The van der Waals surface area contributed by atoms with Crippen LogP contribution >= 0.6 is 11.3 Å². The fourth-order valence-corrected chi connectivity index (χ4v) is 6.65. The molecule has 1 amide bonds. The molecule has 1 saturated heterocycles. The number of amides is 1. The summed E-state index contributed by atoms with van der Waals surface area (Å²) in [5, 5.41) is 0.819. The summed E-state index contributed by atoms with van der Waals surface area (Å²) in [4.78, 5) is 19.9. The van der Waals surface area contributed by atoms with Gasteiger partial charge in [0.15, 0.2) is 0 Å². The number of carbonyl (C=O) groups excluding carboxylic acids is 1. The summed E-state index contributed by atoms with van der Waals surface area (Å²) in [6.45, 7) is 2.93. The summed E-state index contributed by atoms with van der Waals surface area (Å²) < 4.78 is 34.6. The fraction of sp³-hybridized carbons (Fsp3) is 0.417. The number of nitrogens with zero attached hydrogens (tertiary/aromatic N) is 3. The molecule has 0 aliphatic carbocycles. The van der Waals surface area contributed by atoms with Gasteiger partial charge >= 0.3 is 0 Å². The zero-order valence-electron chi connectivity index (χ0n) is 19.2. The van der Waals surface area contributed by atoms with Crippen LogP contribution in [0.4, 0.5) is 0 Å². The van der Waals surface area contributed by atoms with E-state index < -0.39 is 10.0 Å². The van der Waals surface area contributed by atoms with Gasteiger partial charge in [0.2, 0.25) is 10.0 Å². The lowest BCUT2D eigenvalue weighted by atomic mass is 10.1. The zero-order chi connectivity index (χ0) is 23.6. The number of methoxy groups -OCH3 is 1. The van der Waals surface area contributed by atoms with Crippen LogP contribution < -0.4 is 4.74 Å². The van der Waals surface area contributed by atoms with Crippen LogP contribution in [0, 0.1) is 0 Å². The van der Waals surface area contributed by atoms with Crippen LogP contribution in [0.5, 0.6) is 5.75 Å². The molecule has 2 heterocycles. The van der Waals surface area contributed by atoms with Gasteiger partial charge in [-0.15, -0.1) is 11.3 Å². The molecule has 0 spiro atoms. The molecule has 1 aliphatic rings. The standard InChI is InChI=1S/C24H29N3O4S2/c1-17(23-25-20-10-6-7-11-22(20)32-23)26(2)24(28)19-16-18(12-13-21(19)31-3)33(29,30)27-14-8-4-5-9-15-27/h6-7,10-13,16-17H,4-5,8-9,14-15H2,1-3H3/t17-/m0/s1. The molecule has 0 bridgehead atoms. The molecule has 1 aliphatic heterocycles. The van der Waals surface area contributed by atoms with Crippen molar-refractivity contribution >= 4 is 37.5 Å². The van der Waals surface area contributed by atoms with Crippen LogP contribution in [0.1, 0.15) is 54.0 Å². The molecule has 0 unspecified atom stereocenters. The molecule has 0 saturated carbocycles. The predicted octanol–water partition coefficient (Wildman–Crippen LogP) is 4.70. The van der Waals surface area contributed by atoms with E-state index in [0.717, 1.165) is 40.9 Å². The van der Waals surface area contributed by atoms with Gasteiger partial charge in [-0.25, -0.2) is 13.4 Å². The van der Waals surface area contributed by atoms with E-state index in [1.54, 1.807) is 29.4 Å². The maximum absolute atomic E-state index is 13.5. The van der Waals surface area contributed by atoms with Gasteiger partial charge in [0, 0.05) is 20.1 Å². The number of ether oxygens (including phenoxy) is 1. The monoisotopic (exact) mass is 487 g/mol. The van der Waals surface area contributed by atoms with Gasteiger partial charge in [-0.3, -0.25) is 4.79 Å². The molecule has 176 valence electrons. The van der Waals surface area contributed by atoms with Crippen molar-refractivity contribution in [3.05, 3.63) is 53.0 Å². The molecule has 0 N–H and O–H groups in total. The van der Waals surface area contributed by atoms with Crippen molar-refractivity contribution < 1.29 is 17.9 Å². The summed E-state index contributed by atoms with van der Waals surface area (Å²) in [7, 11) is -0.504. The van der Waals surface area contributed by atoms with E-state index >= 15 is 0 Å². The van der Waals surface area contributed by atoms with Gasteiger partial charge in [-0.05, 0) is 50.1 Å². The third-order valence-corrected chi connectivity index (χ3v) is 9.27. The highest BCUT2D eigenvalue weighted by Gasteiger charge is 2.29. The molecular weight excluding hydrogens is 458 g/mol. The van der Waals surface area contributed by atoms with Gasteiger partial charge < -0.3 is 9.64 Å². The predicted molar refractivity (Wildman–Crippen MR) is 130 cm³/mol. The first kappa shape index (κ1) is 23.7. The second kappa shape index (κ2) is 9.79. The number of benzene rings is 2. The van der Waals surface area contributed by atoms with Crippen molar-refractivity contribution in [3.63, 3.8) is 0 Å². The Labute approximate surface area is 199 Å². The van der Waals surface area contributed by atoms with E-state index in [-0.39, 0.29) is 22.4 Å². The van der Waals surface area contributed by atoms with Crippen LogP contribution in [-0.2, 0) is 10.0 Å². The lowest BCUT2D eigenvalue weighted by Gasteiger charge is -2.25. The van der Waals surface area contributed by atoms with Crippen molar-refractivity contribution in [2.24, 2.45) is 0 Å². The first-order valence-corrected chi connectivity index (χ1v) is 13.4. The molecule has 33 heavy (non-hydrogen) atoms. The molecule has 3 aromatic rings. The average Bonchev–Trinajstić information content (AvgIpc) is 3.07. The van der Waals surface area contributed by atoms with Gasteiger partial charge in [0.1, 0.15) is 10.8 Å². The SMILES string of the molecule is COc1ccc(S(=O)(=O)N2CCCCCC2)cc1C(=O)N(C)[C@@H](C)c1nc2ccccc2s1. The highest BCUT2D eigenvalue weighted by Crippen LogP contribution is 2.32. The van der Waals surface area contributed by atoms with Gasteiger partial charge in [0.05, 0.1) is 33.8 Å². The van der Waals surface area contributed by atoms with Gasteiger partial charge in [-0.2, -0.15) is 4.31 Å². The normalized spacial score (nSPS) is 16.3. The molecule has 9 heteroatoms.